The van der Waals surface area contributed by atoms with E-state index in [9.17, 15) is 0 Å². The van der Waals surface area contributed by atoms with Crippen LogP contribution in [0.1, 0.15) is 58.1 Å². The minimum Gasteiger partial charge on any atom is -0.307 e. The summed E-state index contributed by atoms with van der Waals surface area (Å²) in [7, 11) is 0. The van der Waals surface area contributed by atoms with E-state index in [1.54, 1.807) is 0 Å². The molecule has 1 aliphatic rings. The maximum atomic E-state index is 4.08. The number of hydrogen-bond donors (Lipinski definition) is 1. The first-order valence-electron chi connectivity index (χ1n) is 6.75. The van der Waals surface area contributed by atoms with Crippen LogP contribution >= 0.6 is 0 Å². The Morgan fingerprint density at radius 1 is 1.29 bits per heavy atom. The summed E-state index contributed by atoms with van der Waals surface area (Å²) in [5.74, 6) is 0. The summed E-state index contributed by atoms with van der Waals surface area (Å²) in [6, 6.07) is 5.26. The van der Waals surface area contributed by atoms with Gasteiger partial charge in [0.05, 0.1) is 0 Å². The van der Waals surface area contributed by atoms with Crippen LogP contribution in [0.15, 0.2) is 24.5 Å². The van der Waals surface area contributed by atoms with Gasteiger partial charge in [0.2, 0.25) is 0 Å². The summed E-state index contributed by atoms with van der Waals surface area (Å²) in [6.45, 7) is 7.03. The molecule has 0 saturated heterocycles. The van der Waals surface area contributed by atoms with Crippen LogP contribution in [0, 0.1) is 5.41 Å². The molecule has 0 amide bonds. The highest BCUT2D eigenvalue weighted by molar-refractivity contribution is 5.14. The molecule has 2 nitrogen and oxygen atoms in total. The lowest BCUT2D eigenvalue weighted by Gasteiger charge is -2.40. The molecule has 0 aliphatic heterocycles. The Balaban J connectivity index is 2.00. The zero-order valence-corrected chi connectivity index (χ0v) is 11.2. The van der Waals surface area contributed by atoms with Gasteiger partial charge in [-0.1, -0.05) is 26.7 Å². The van der Waals surface area contributed by atoms with Gasteiger partial charge in [-0.25, -0.2) is 0 Å². The summed E-state index contributed by atoms with van der Waals surface area (Å²) in [4.78, 5) is 4.08. The van der Waals surface area contributed by atoms with E-state index >= 15 is 0 Å². The van der Waals surface area contributed by atoms with Crippen LogP contribution in [0.25, 0.3) is 0 Å². The monoisotopic (exact) mass is 232 g/mol. The van der Waals surface area contributed by atoms with Crippen LogP contribution in [0.4, 0.5) is 0 Å². The summed E-state index contributed by atoms with van der Waals surface area (Å²) in [6.07, 6.45) is 9.15. The molecule has 1 saturated carbocycles. The Morgan fingerprint density at radius 2 is 2.00 bits per heavy atom. The molecule has 1 N–H and O–H groups in total. The molecule has 94 valence electrons. The standard InChI is InChI=1S/C15H24N2/c1-12(13-7-10-16-11-8-13)17-14-6-4-5-9-15(14,2)3/h7-8,10-12,14,17H,4-6,9H2,1-3H3/t12-,14?/m1/s1. The molecule has 1 unspecified atom stereocenters. The molecule has 0 spiro atoms. The fraction of sp³-hybridized carbons (Fsp3) is 0.667. The third-order valence-electron chi connectivity index (χ3n) is 4.16. The second kappa shape index (κ2) is 5.18. The lowest BCUT2D eigenvalue weighted by molar-refractivity contribution is 0.157. The van der Waals surface area contributed by atoms with Crippen molar-refractivity contribution in [3.63, 3.8) is 0 Å². The first kappa shape index (κ1) is 12.6. The van der Waals surface area contributed by atoms with Crippen LogP contribution < -0.4 is 5.32 Å². The summed E-state index contributed by atoms with van der Waals surface area (Å²) in [5, 5.41) is 3.80. The first-order chi connectivity index (χ1) is 8.09. The molecule has 17 heavy (non-hydrogen) atoms. The van der Waals surface area contributed by atoms with Crippen LogP contribution in [0.2, 0.25) is 0 Å². The van der Waals surface area contributed by atoms with Crippen molar-refractivity contribution in [1.82, 2.24) is 10.3 Å². The van der Waals surface area contributed by atoms with Gasteiger partial charge in [-0.05, 0) is 42.9 Å². The van der Waals surface area contributed by atoms with Crippen LogP contribution in [-0.2, 0) is 0 Å². The van der Waals surface area contributed by atoms with Crippen molar-refractivity contribution < 1.29 is 0 Å². The van der Waals surface area contributed by atoms with Gasteiger partial charge in [-0.15, -0.1) is 0 Å². The molecule has 0 aromatic carbocycles. The normalized spacial score (nSPS) is 25.5. The Kier molecular flexibility index (Phi) is 3.82. The predicted octanol–water partition coefficient (Wildman–Crippen LogP) is 3.70. The summed E-state index contributed by atoms with van der Waals surface area (Å²) < 4.78 is 0. The third kappa shape index (κ3) is 3.06. The highest BCUT2D eigenvalue weighted by Gasteiger charge is 2.32. The minimum atomic E-state index is 0.417. The van der Waals surface area contributed by atoms with Gasteiger partial charge in [-0.3, -0.25) is 4.98 Å². The number of hydrogen-bond acceptors (Lipinski definition) is 2. The van der Waals surface area contributed by atoms with E-state index in [-0.39, 0.29) is 0 Å². The molecule has 2 rings (SSSR count). The Labute approximate surface area is 105 Å². The van der Waals surface area contributed by atoms with Gasteiger partial charge in [0.25, 0.3) is 0 Å². The smallest absolute Gasteiger partial charge is 0.0295 e. The largest absolute Gasteiger partial charge is 0.307 e. The highest BCUT2D eigenvalue weighted by Crippen LogP contribution is 2.36. The number of aromatic nitrogens is 1. The zero-order valence-electron chi connectivity index (χ0n) is 11.2. The Morgan fingerprint density at radius 3 is 2.65 bits per heavy atom. The molecule has 0 bridgehead atoms. The second-order valence-electron chi connectivity index (χ2n) is 5.96. The van der Waals surface area contributed by atoms with Crippen molar-refractivity contribution in [2.24, 2.45) is 5.41 Å². The third-order valence-corrected chi connectivity index (χ3v) is 4.16. The van der Waals surface area contributed by atoms with Crippen molar-refractivity contribution in [1.29, 1.82) is 0 Å². The van der Waals surface area contributed by atoms with E-state index in [2.05, 4.69) is 43.2 Å². The molecule has 1 aliphatic carbocycles. The Bertz CT molecular complexity index is 345. The molecule has 0 radical (unpaired) electrons. The van der Waals surface area contributed by atoms with Gasteiger partial charge < -0.3 is 5.32 Å². The number of nitrogens with one attached hydrogen (secondary N) is 1. The van der Waals surface area contributed by atoms with Crippen LogP contribution in [0.3, 0.4) is 0 Å². The zero-order chi connectivity index (χ0) is 12.3. The highest BCUT2D eigenvalue weighted by atomic mass is 15.0. The van der Waals surface area contributed by atoms with Crippen molar-refractivity contribution >= 4 is 0 Å². The van der Waals surface area contributed by atoms with Crippen LogP contribution in [-0.4, -0.2) is 11.0 Å². The minimum absolute atomic E-state index is 0.417. The average molecular weight is 232 g/mol. The van der Waals surface area contributed by atoms with Gasteiger partial charge >= 0.3 is 0 Å². The number of pyridine rings is 1. The quantitative estimate of drug-likeness (QED) is 0.859. The van der Waals surface area contributed by atoms with Gasteiger partial charge in [-0.2, -0.15) is 0 Å². The maximum Gasteiger partial charge on any atom is 0.0295 e. The second-order valence-corrected chi connectivity index (χ2v) is 5.96. The van der Waals surface area contributed by atoms with Gasteiger partial charge in [0, 0.05) is 24.5 Å². The lowest BCUT2D eigenvalue weighted by atomic mass is 9.73. The number of rotatable bonds is 3. The van der Waals surface area contributed by atoms with Crippen molar-refractivity contribution in [3.8, 4) is 0 Å². The van der Waals surface area contributed by atoms with E-state index < -0.39 is 0 Å². The number of nitrogens with zero attached hydrogens (tertiary/aromatic N) is 1. The first-order valence-corrected chi connectivity index (χ1v) is 6.75. The molecular formula is C15H24N2. The van der Waals surface area contributed by atoms with Crippen LogP contribution in [0.5, 0.6) is 0 Å². The van der Waals surface area contributed by atoms with E-state index in [0.717, 1.165) is 0 Å². The van der Waals surface area contributed by atoms with E-state index in [0.29, 0.717) is 17.5 Å². The molecular weight excluding hydrogens is 208 g/mol. The van der Waals surface area contributed by atoms with E-state index in [4.69, 9.17) is 0 Å². The summed E-state index contributed by atoms with van der Waals surface area (Å²) in [5.41, 5.74) is 1.76. The Hall–Kier alpha value is -0.890. The predicted molar refractivity (Wildman–Crippen MR) is 71.8 cm³/mol. The van der Waals surface area contributed by atoms with E-state index in [1.165, 1.54) is 31.2 Å². The molecule has 1 fully saturated rings. The fourth-order valence-corrected chi connectivity index (χ4v) is 2.85. The summed E-state index contributed by atoms with van der Waals surface area (Å²) >= 11 is 0. The van der Waals surface area contributed by atoms with Crippen molar-refractivity contribution in [2.45, 2.75) is 58.5 Å². The van der Waals surface area contributed by atoms with Crippen molar-refractivity contribution in [3.05, 3.63) is 30.1 Å². The lowest BCUT2D eigenvalue weighted by Crippen LogP contribution is -2.45. The SMILES string of the molecule is C[C@@H](NC1CCCCC1(C)C)c1ccncc1. The maximum absolute atomic E-state index is 4.08. The molecule has 2 heteroatoms. The molecule has 1 aromatic heterocycles. The van der Waals surface area contributed by atoms with E-state index in [1.807, 2.05) is 12.4 Å². The topological polar surface area (TPSA) is 24.9 Å². The van der Waals surface area contributed by atoms with Crippen molar-refractivity contribution in [2.75, 3.05) is 0 Å². The molecule has 1 aromatic rings. The average Bonchev–Trinajstić information content (AvgIpc) is 2.33. The van der Waals surface area contributed by atoms with Gasteiger partial charge in [0.1, 0.15) is 0 Å². The van der Waals surface area contributed by atoms with Gasteiger partial charge in [0.15, 0.2) is 0 Å². The molecule has 2 atom stereocenters. The fourth-order valence-electron chi connectivity index (χ4n) is 2.85. The molecule has 1 heterocycles.